The molecule has 1 N–H and O–H groups in total. The summed E-state index contributed by atoms with van der Waals surface area (Å²) in [6.07, 6.45) is 8.88. The third kappa shape index (κ3) is 5.62. The van der Waals surface area contributed by atoms with Gasteiger partial charge in [0.2, 0.25) is 15.9 Å². The molecule has 1 aromatic carbocycles. The standard InChI is InChI=1S/C19H30N2O4S/c1-15(19(22)20-16-10-7-5-4-6-8-11-16)21(26(3,23)24)17-12-9-13-18(14-17)25-2/h9,12-16H,4-8,10-11H2,1-3H3,(H,20,22)/t15-/m1/s1. The highest BCUT2D eigenvalue weighted by Gasteiger charge is 2.30. The van der Waals surface area contributed by atoms with Crippen LogP contribution in [0.15, 0.2) is 24.3 Å². The van der Waals surface area contributed by atoms with E-state index in [1.165, 1.54) is 26.4 Å². The van der Waals surface area contributed by atoms with E-state index in [0.717, 1.165) is 36.2 Å². The summed E-state index contributed by atoms with van der Waals surface area (Å²) in [4.78, 5) is 12.8. The van der Waals surface area contributed by atoms with Crippen molar-refractivity contribution in [2.75, 3.05) is 17.7 Å². The summed E-state index contributed by atoms with van der Waals surface area (Å²) in [6.45, 7) is 1.62. The van der Waals surface area contributed by atoms with Gasteiger partial charge in [-0.05, 0) is 31.9 Å². The van der Waals surface area contributed by atoms with Crippen LogP contribution >= 0.6 is 0 Å². The first kappa shape index (κ1) is 20.6. The Morgan fingerprint density at radius 3 is 2.38 bits per heavy atom. The fourth-order valence-corrected chi connectivity index (χ4v) is 4.65. The van der Waals surface area contributed by atoms with Gasteiger partial charge in [-0.15, -0.1) is 0 Å². The summed E-state index contributed by atoms with van der Waals surface area (Å²) in [5.41, 5.74) is 0.423. The van der Waals surface area contributed by atoms with E-state index in [-0.39, 0.29) is 11.9 Å². The number of hydrogen-bond acceptors (Lipinski definition) is 4. The van der Waals surface area contributed by atoms with E-state index in [0.29, 0.717) is 11.4 Å². The fourth-order valence-electron chi connectivity index (χ4n) is 3.48. The molecule has 1 saturated carbocycles. The number of benzene rings is 1. The molecule has 1 aromatic rings. The molecule has 0 spiro atoms. The average Bonchev–Trinajstić information content (AvgIpc) is 2.56. The van der Waals surface area contributed by atoms with Crippen molar-refractivity contribution in [3.8, 4) is 5.75 Å². The number of nitrogens with one attached hydrogen (secondary N) is 1. The van der Waals surface area contributed by atoms with Gasteiger partial charge in [0.15, 0.2) is 0 Å². The van der Waals surface area contributed by atoms with Gasteiger partial charge in [-0.1, -0.05) is 38.2 Å². The van der Waals surface area contributed by atoms with Gasteiger partial charge in [0.25, 0.3) is 0 Å². The first-order chi connectivity index (χ1) is 12.3. The van der Waals surface area contributed by atoms with Crippen molar-refractivity contribution >= 4 is 21.6 Å². The summed E-state index contributed by atoms with van der Waals surface area (Å²) in [7, 11) is -2.10. The number of ether oxygens (including phenoxy) is 1. The lowest BCUT2D eigenvalue weighted by Crippen LogP contribution is -2.50. The number of anilines is 1. The van der Waals surface area contributed by atoms with Gasteiger partial charge in [-0.25, -0.2) is 8.42 Å². The lowest BCUT2D eigenvalue weighted by atomic mass is 9.96. The summed E-state index contributed by atoms with van der Waals surface area (Å²) in [5, 5.41) is 3.06. The van der Waals surface area contributed by atoms with Crippen LogP contribution in [0.2, 0.25) is 0 Å². The van der Waals surface area contributed by atoms with Gasteiger partial charge in [0, 0.05) is 12.1 Å². The molecular formula is C19H30N2O4S. The molecule has 0 aromatic heterocycles. The molecule has 0 saturated heterocycles. The Bertz CT molecular complexity index is 697. The predicted octanol–water partition coefficient (Wildman–Crippen LogP) is 3.08. The van der Waals surface area contributed by atoms with Crippen LogP contribution in [-0.2, 0) is 14.8 Å². The summed E-state index contributed by atoms with van der Waals surface area (Å²) >= 11 is 0. The third-order valence-electron chi connectivity index (χ3n) is 4.85. The van der Waals surface area contributed by atoms with Crippen LogP contribution in [0.4, 0.5) is 5.69 Å². The number of hydrogen-bond donors (Lipinski definition) is 1. The van der Waals surface area contributed by atoms with Gasteiger partial charge in [-0.3, -0.25) is 9.10 Å². The topological polar surface area (TPSA) is 75.7 Å². The van der Waals surface area contributed by atoms with Crippen LogP contribution in [0.3, 0.4) is 0 Å². The molecule has 1 aliphatic carbocycles. The van der Waals surface area contributed by atoms with Gasteiger partial charge >= 0.3 is 0 Å². The van der Waals surface area contributed by atoms with Crippen LogP contribution in [0, 0.1) is 0 Å². The molecule has 0 radical (unpaired) electrons. The molecule has 0 aliphatic heterocycles. The summed E-state index contributed by atoms with van der Waals surface area (Å²) in [5.74, 6) is 0.285. The van der Waals surface area contributed by atoms with Gasteiger partial charge in [0.05, 0.1) is 19.1 Å². The minimum atomic E-state index is -3.62. The first-order valence-electron chi connectivity index (χ1n) is 9.27. The minimum Gasteiger partial charge on any atom is -0.497 e. The number of amides is 1. The second-order valence-electron chi connectivity index (χ2n) is 6.99. The average molecular weight is 383 g/mol. The maximum Gasteiger partial charge on any atom is 0.243 e. The zero-order chi connectivity index (χ0) is 19.2. The SMILES string of the molecule is COc1cccc(N([C@H](C)C(=O)NC2CCCCCCC2)S(C)(=O)=O)c1. The molecule has 146 valence electrons. The zero-order valence-corrected chi connectivity index (χ0v) is 16.7. The quantitative estimate of drug-likeness (QED) is 0.820. The minimum absolute atomic E-state index is 0.122. The molecule has 1 atom stereocenters. The molecule has 6 nitrogen and oxygen atoms in total. The molecule has 0 unspecified atom stereocenters. The summed E-state index contributed by atoms with van der Waals surface area (Å²) in [6, 6.07) is 6.04. The van der Waals surface area contributed by atoms with E-state index >= 15 is 0 Å². The third-order valence-corrected chi connectivity index (χ3v) is 6.09. The van der Waals surface area contributed by atoms with Gasteiger partial charge < -0.3 is 10.1 Å². The number of carbonyl (C=O) groups is 1. The fraction of sp³-hybridized carbons (Fsp3) is 0.632. The monoisotopic (exact) mass is 382 g/mol. The van der Waals surface area contributed by atoms with Crippen molar-refractivity contribution in [1.29, 1.82) is 0 Å². The van der Waals surface area contributed by atoms with Gasteiger partial charge in [0.1, 0.15) is 11.8 Å². The molecule has 1 amide bonds. The van der Waals surface area contributed by atoms with E-state index in [1.54, 1.807) is 31.2 Å². The maximum atomic E-state index is 12.8. The molecule has 0 heterocycles. The molecule has 1 aliphatic rings. The van der Waals surface area contributed by atoms with Crippen LogP contribution in [0.5, 0.6) is 5.75 Å². The van der Waals surface area contributed by atoms with E-state index in [9.17, 15) is 13.2 Å². The van der Waals surface area contributed by atoms with Crippen LogP contribution in [-0.4, -0.2) is 39.8 Å². The molecule has 1 fully saturated rings. The van der Waals surface area contributed by atoms with Crippen molar-refractivity contribution in [1.82, 2.24) is 5.32 Å². The van der Waals surface area contributed by atoms with Crippen molar-refractivity contribution < 1.29 is 17.9 Å². The second kappa shape index (κ2) is 9.26. The van der Waals surface area contributed by atoms with E-state index in [1.807, 2.05) is 0 Å². The number of sulfonamides is 1. The Labute approximate surface area is 157 Å². The molecule has 2 rings (SSSR count). The van der Waals surface area contributed by atoms with E-state index < -0.39 is 16.1 Å². The molecule has 26 heavy (non-hydrogen) atoms. The number of methoxy groups -OCH3 is 1. The van der Waals surface area contributed by atoms with E-state index in [4.69, 9.17) is 4.74 Å². The summed E-state index contributed by atoms with van der Waals surface area (Å²) < 4.78 is 31.1. The maximum absolute atomic E-state index is 12.8. The highest BCUT2D eigenvalue weighted by Crippen LogP contribution is 2.25. The Morgan fingerprint density at radius 2 is 1.81 bits per heavy atom. The van der Waals surface area contributed by atoms with Crippen LogP contribution in [0.1, 0.15) is 51.9 Å². The van der Waals surface area contributed by atoms with Crippen molar-refractivity contribution in [3.63, 3.8) is 0 Å². The lowest BCUT2D eigenvalue weighted by molar-refractivity contribution is -0.122. The normalized spacial score (nSPS) is 17.7. The smallest absolute Gasteiger partial charge is 0.243 e. The Balaban J connectivity index is 2.17. The van der Waals surface area contributed by atoms with Crippen molar-refractivity contribution in [2.24, 2.45) is 0 Å². The van der Waals surface area contributed by atoms with Crippen LogP contribution in [0.25, 0.3) is 0 Å². The van der Waals surface area contributed by atoms with Crippen molar-refractivity contribution in [2.45, 2.75) is 64.0 Å². The number of carbonyl (C=O) groups excluding carboxylic acids is 1. The van der Waals surface area contributed by atoms with Gasteiger partial charge in [-0.2, -0.15) is 0 Å². The predicted molar refractivity (Wildman–Crippen MR) is 104 cm³/mol. The Morgan fingerprint density at radius 1 is 1.19 bits per heavy atom. The largest absolute Gasteiger partial charge is 0.497 e. The van der Waals surface area contributed by atoms with Crippen LogP contribution < -0.4 is 14.4 Å². The molecular weight excluding hydrogens is 352 g/mol. The zero-order valence-electron chi connectivity index (χ0n) is 15.9. The number of nitrogens with zero attached hydrogens (tertiary/aromatic N) is 1. The van der Waals surface area contributed by atoms with E-state index in [2.05, 4.69) is 5.32 Å². The Hall–Kier alpha value is -1.76. The number of rotatable bonds is 6. The highest BCUT2D eigenvalue weighted by molar-refractivity contribution is 7.92. The Kier molecular flexibility index (Phi) is 7.32. The first-order valence-corrected chi connectivity index (χ1v) is 11.1. The van der Waals surface area contributed by atoms with Crippen molar-refractivity contribution in [3.05, 3.63) is 24.3 Å². The highest BCUT2D eigenvalue weighted by atomic mass is 32.2. The lowest BCUT2D eigenvalue weighted by Gasteiger charge is -2.30. The second-order valence-corrected chi connectivity index (χ2v) is 8.85. The molecule has 0 bridgehead atoms. The molecule has 7 heteroatoms.